The standard InChI is InChI=1S/C11H21NO3/c1-10(2,3)12-9(13)15-11(14)7-5-4-6-8-11/h14H,4-8H2,1-3H3,(H,12,13). The highest BCUT2D eigenvalue weighted by Gasteiger charge is 2.34. The monoisotopic (exact) mass is 215 g/mol. The van der Waals surface area contributed by atoms with E-state index in [1.54, 1.807) is 0 Å². The predicted molar refractivity (Wildman–Crippen MR) is 57.4 cm³/mol. The molecule has 0 radical (unpaired) electrons. The van der Waals surface area contributed by atoms with E-state index >= 15 is 0 Å². The van der Waals surface area contributed by atoms with Crippen LogP contribution in [0.1, 0.15) is 52.9 Å². The Labute approximate surface area is 91.0 Å². The predicted octanol–water partition coefficient (Wildman–Crippen LogP) is 2.16. The molecule has 15 heavy (non-hydrogen) atoms. The molecule has 0 unspecified atom stereocenters. The Balaban J connectivity index is 2.42. The van der Waals surface area contributed by atoms with Crippen molar-refractivity contribution in [3.05, 3.63) is 0 Å². The van der Waals surface area contributed by atoms with Gasteiger partial charge in [-0.2, -0.15) is 0 Å². The van der Waals surface area contributed by atoms with Crippen molar-refractivity contribution in [1.29, 1.82) is 0 Å². The highest BCUT2D eigenvalue weighted by Crippen LogP contribution is 2.29. The second-order valence-corrected chi connectivity index (χ2v) is 5.27. The average molecular weight is 215 g/mol. The van der Waals surface area contributed by atoms with Crippen LogP contribution < -0.4 is 5.32 Å². The molecular weight excluding hydrogens is 194 g/mol. The quantitative estimate of drug-likeness (QED) is 0.659. The van der Waals surface area contributed by atoms with Crippen molar-refractivity contribution in [1.82, 2.24) is 5.32 Å². The Bertz CT molecular complexity index is 226. The molecule has 0 aliphatic heterocycles. The van der Waals surface area contributed by atoms with Crippen LogP contribution in [0, 0.1) is 0 Å². The summed E-state index contributed by atoms with van der Waals surface area (Å²) in [6.45, 7) is 5.62. The first kappa shape index (κ1) is 12.3. The molecule has 0 aromatic carbocycles. The highest BCUT2D eigenvalue weighted by molar-refractivity contribution is 5.68. The summed E-state index contributed by atoms with van der Waals surface area (Å²) < 4.78 is 5.06. The van der Waals surface area contributed by atoms with E-state index in [1.165, 1.54) is 0 Å². The number of aliphatic hydroxyl groups is 1. The van der Waals surface area contributed by atoms with E-state index in [0.717, 1.165) is 19.3 Å². The maximum Gasteiger partial charge on any atom is 0.410 e. The number of carbonyl (C=O) groups excluding carboxylic acids is 1. The number of hydrogen-bond donors (Lipinski definition) is 2. The van der Waals surface area contributed by atoms with Gasteiger partial charge in [0.15, 0.2) is 0 Å². The normalized spacial score (nSPS) is 20.8. The van der Waals surface area contributed by atoms with Crippen molar-refractivity contribution in [3.63, 3.8) is 0 Å². The van der Waals surface area contributed by atoms with Gasteiger partial charge < -0.3 is 15.2 Å². The molecular formula is C11H21NO3. The second-order valence-electron chi connectivity index (χ2n) is 5.27. The largest absolute Gasteiger partial charge is 0.417 e. The van der Waals surface area contributed by atoms with Gasteiger partial charge in [-0.3, -0.25) is 0 Å². The van der Waals surface area contributed by atoms with Gasteiger partial charge >= 0.3 is 6.09 Å². The summed E-state index contributed by atoms with van der Waals surface area (Å²) in [7, 11) is 0. The van der Waals surface area contributed by atoms with Crippen molar-refractivity contribution in [2.75, 3.05) is 0 Å². The van der Waals surface area contributed by atoms with Crippen LogP contribution in [0.15, 0.2) is 0 Å². The van der Waals surface area contributed by atoms with Crippen LogP contribution in [-0.4, -0.2) is 22.5 Å². The topological polar surface area (TPSA) is 58.6 Å². The fourth-order valence-electron chi connectivity index (χ4n) is 1.71. The maximum atomic E-state index is 11.4. The molecule has 0 saturated heterocycles. The first-order chi connectivity index (χ1) is 6.81. The van der Waals surface area contributed by atoms with Gasteiger partial charge in [-0.15, -0.1) is 0 Å². The molecule has 1 amide bonds. The number of hydrogen-bond acceptors (Lipinski definition) is 3. The Hall–Kier alpha value is -0.770. The summed E-state index contributed by atoms with van der Waals surface area (Å²) in [4.78, 5) is 11.4. The molecule has 4 heteroatoms. The van der Waals surface area contributed by atoms with Crippen LogP contribution >= 0.6 is 0 Å². The smallest absolute Gasteiger partial charge is 0.410 e. The fraction of sp³-hybridized carbons (Fsp3) is 0.909. The van der Waals surface area contributed by atoms with Crippen LogP contribution in [0.4, 0.5) is 4.79 Å². The van der Waals surface area contributed by atoms with Crippen LogP contribution in [0.3, 0.4) is 0 Å². The molecule has 88 valence electrons. The number of carbonyl (C=O) groups is 1. The minimum Gasteiger partial charge on any atom is -0.417 e. The SMILES string of the molecule is CC(C)(C)NC(=O)OC1(O)CCCCC1. The van der Waals surface area contributed by atoms with E-state index in [9.17, 15) is 9.90 Å². The lowest BCUT2D eigenvalue weighted by molar-refractivity contribution is -0.181. The lowest BCUT2D eigenvalue weighted by atomic mass is 9.94. The summed E-state index contributed by atoms with van der Waals surface area (Å²) in [5.74, 6) is -1.24. The summed E-state index contributed by atoms with van der Waals surface area (Å²) in [5, 5.41) is 12.6. The van der Waals surface area contributed by atoms with Crippen LogP contribution in [-0.2, 0) is 4.74 Å². The molecule has 0 spiro atoms. The minimum absolute atomic E-state index is 0.331. The molecule has 1 aliphatic carbocycles. The molecule has 1 aliphatic rings. The summed E-state index contributed by atoms with van der Waals surface area (Å²) in [6, 6.07) is 0. The Kier molecular flexibility index (Phi) is 3.60. The lowest BCUT2D eigenvalue weighted by Gasteiger charge is -2.32. The van der Waals surface area contributed by atoms with E-state index in [2.05, 4.69) is 5.32 Å². The third-order valence-corrected chi connectivity index (χ3v) is 2.39. The molecule has 1 rings (SSSR count). The molecule has 0 atom stereocenters. The Morgan fingerprint density at radius 3 is 2.27 bits per heavy atom. The zero-order chi connectivity index (χ0) is 11.5. The van der Waals surface area contributed by atoms with E-state index in [-0.39, 0.29) is 5.54 Å². The van der Waals surface area contributed by atoms with Gasteiger partial charge in [0.05, 0.1) is 0 Å². The van der Waals surface area contributed by atoms with Crippen LogP contribution in [0.25, 0.3) is 0 Å². The number of amides is 1. The fourth-order valence-corrected chi connectivity index (χ4v) is 1.71. The lowest BCUT2D eigenvalue weighted by Crippen LogP contribution is -2.46. The number of nitrogens with one attached hydrogen (secondary N) is 1. The molecule has 0 bridgehead atoms. The molecule has 0 aromatic rings. The highest BCUT2D eigenvalue weighted by atomic mass is 16.7. The molecule has 0 heterocycles. The molecule has 2 N–H and O–H groups in total. The second kappa shape index (κ2) is 4.39. The van der Waals surface area contributed by atoms with E-state index in [0.29, 0.717) is 12.8 Å². The van der Waals surface area contributed by atoms with Gasteiger partial charge in [0.25, 0.3) is 0 Å². The molecule has 0 aromatic heterocycles. The first-order valence-corrected chi connectivity index (χ1v) is 5.54. The van der Waals surface area contributed by atoms with Crippen molar-refractivity contribution in [3.8, 4) is 0 Å². The molecule has 1 fully saturated rings. The third kappa shape index (κ3) is 4.51. The molecule has 1 saturated carbocycles. The van der Waals surface area contributed by atoms with Gasteiger partial charge in [-0.1, -0.05) is 6.42 Å². The Morgan fingerprint density at radius 1 is 1.27 bits per heavy atom. The average Bonchev–Trinajstić information content (AvgIpc) is 1.99. The van der Waals surface area contributed by atoms with Crippen molar-refractivity contribution >= 4 is 6.09 Å². The minimum atomic E-state index is -1.24. The number of rotatable bonds is 1. The van der Waals surface area contributed by atoms with Crippen LogP contribution in [0.2, 0.25) is 0 Å². The molecule has 4 nitrogen and oxygen atoms in total. The van der Waals surface area contributed by atoms with Crippen molar-refractivity contribution in [2.45, 2.75) is 64.2 Å². The summed E-state index contributed by atoms with van der Waals surface area (Å²) in [6.07, 6.45) is 3.49. The zero-order valence-electron chi connectivity index (χ0n) is 9.80. The first-order valence-electron chi connectivity index (χ1n) is 5.54. The van der Waals surface area contributed by atoms with Crippen molar-refractivity contribution < 1.29 is 14.6 Å². The van der Waals surface area contributed by atoms with Gasteiger partial charge in [-0.25, -0.2) is 4.79 Å². The van der Waals surface area contributed by atoms with Gasteiger partial charge in [-0.05, 0) is 33.6 Å². The maximum absolute atomic E-state index is 11.4. The third-order valence-electron chi connectivity index (χ3n) is 2.39. The van der Waals surface area contributed by atoms with Gasteiger partial charge in [0.1, 0.15) is 0 Å². The Morgan fingerprint density at radius 2 is 1.80 bits per heavy atom. The van der Waals surface area contributed by atoms with Crippen LogP contribution in [0.5, 0.6) is 0 Å². The van der Waals surface area contributed by atoms with E-state index < -0.39 is 11.9 Å². The van der Waals surface area contributed by atoms with Gasteiger partial charge in [0.2, 0.25) is 5.79 Å². The van der Waals surface area contributed by atoms with E-state index in [1.807, 2.05) is 20.8 Å². The number of ether oxygens (including phenoxy) is 1. The summed E-state index contributed by atoms with van der Waals surface area (Å²) >= 11 is 0. The number of alkyl carbamates (subject to hydrolysis) is 1. The zero-order valence-corrected chi connectivity index (χ0v) is 9.80. The van der Waals surface area contributed by atoms with Crippen molar-refractivity contribution in [2.24, 2.45) is 0 Å². The summed E-state index contributed by atoms with van der Waals surface area (Å²) in [5.41, 5.74) is -0.331. The van der Waals surface area contributed by atoms with Gasteiger partial charge in [0, 0.05) is 18.4 Å². The van der Waals surface area contributed by atoms with E-state index in [4.69, 9.17) is 4.74 Å².